The number of anilines is 1. The highest BCUT2D eigenvalue weighted by atomic mass is 32.1. The summed E-state index contributed by atoms with van der Waals surface area (Å²) in [5.41, 5.74) is 0.600. The molecule has 0 unspecified atom stereocenters. The van der Waals surface area contributed by atoms with Crippen LogP contribution in [0.1, 0.15) is 0 Å². The van der Waals surface area contributed by atoms with E-state index in [0.29, 0.717) is 18.9 Å². The van der Waals surface area contributed by atoms with Crippen LogP contribution < -0.4 is 14.4 Å². The molecule has 1 aliphatic rings. The molecule has 5 aromatic rings. The van der Waals surface area contributed by atoms with Crippen LogP contribution in [0.3, 0.4) is 0 Å². The lowest BCUT2D eigenvalue weighted by Gasteiger charge is -2.19. The van der Waals surface area contributed by atoms with Gasteiger partial charge in [-0.3, -0.25) is 10.1 Å². The molecular weight excluding hydrogens is 561 g/mol. The van der Waals surface area contributed by atoms with Crippen molar-refractivity contribution in [2.75, 3.05) is 32.2 Å². The van der Waals surface area contributed by atoms with Gasteiger partial charge in [0, 0.05) is 50.6 Å². The first-order chi connectivity index (χ1) is 18.5. The Labute approximate surface area is 234 Å². The van der Waals surface area contributed by atoms with Gasteiger partial charge in [0.15, 0.2) is 11.5 Å². The molecule has 0 bridgehead atoms. The zero-order valence-electron chi connectivity index (χ0n) is 20.2. The first-order valence-corrected chi connectivity index (χ1v) is 14.8. The van der Waals surface area contributed by atoms with Crippen LogP contribution in [0.25, 0.3) is 29.3 Å². The fraction of sp³-hybridized carbons (Fsp3) is 0.154. The number of nitro groups is 1. The molecule has 1 aromatic carbocycles. The first-order valence-electron chi connectivity index (χ1n) is 11.5. The van der Waals surface area contributed by atoms with Crippen molar-refractivity contribution in [1.82, 2.24) is 0 Å². The average molecular weight is 581 g/mol. The highest BCUT2D eigenvalue weighted by Crippen LogP contribution is 2.55. The van der Waals surface area contributed by atoms with Gasteiger partial charge in [-0.05, 0) is 48.5 Å². The van der Waals surface area contributed by atoms with Gasteiger partial charge in [0.2, 0.25) is 0 Å². The number of nitro benzene ring substituents is 1. The van der Waals surface area contributed by atoms with Gasteiger partial charge >= 0.3 is 0 Å². The molecule has 0 amide bonds. The van der Waals surface area contributed by atoms with Crippen molar-refractivity contribution < 1.29 is 14.4 Å². The standard InChI is InChI=1S/C26H20N4O4S4/c1-29(2)26-24-23(33-13-14-34-24)25(38-26)21-10-9-18(36-21)17-7-8-19(35-17)20-11-12-22(37-20)28-27-15-3-5-16(6-4-15)30(31)32/h3-12H,13-14H2,1-2H3. The molecular formula is C26H20N4O4S4. The Kier molecular flexibility index (Phi) is 6.70. The number of azo groups is 1. The zero-order chi connectivity index (χ0) is 26.2. The summed E-state index contributed by atoms with van der Waals surface area (Å²) >= 11 is 6.75. The number of thiophene rings is 4. The Balaban J connectivity index is 1.20. The molecule has 0 saturated heterocycles. The van der Waals surface area contributed by atoms with Gasteiger partial charge in [-0.25, -0.2) is 0 Å². The molecule has 192 valence electrons. The van der Waals surface area contributed by atoms with Gasteiger partial charge in [0.1, 0.15) is 23.2 Å². The third-order valence-electron chi connectivity index (χ3n) is 5.63. The minimum absolute atomic E-state index is 0.0316. The number of nitrogens with zero attached hydrogens (tertiary/aromatic N) is 4. The quantitative estimate of drug-likeness (QED) is 0.109. The molecule has 0 spiro atoms. The third-order valence-corrected chi connectivity index (χ3v) is 10.7. The van der Waals surface area contributed by atoms with E-state index in [-0.39, 0.29) is 5.69 Å². The van der Waals surface area contributed by atoms with Gasteiger partial charge < -0.3 is 14.4 Å². The fourth-order valence-electron chi connectivity index (χ4n) is 3.85. The van der Waals surface area contributed by atoms with Gasteiger partial charge in [-0.15, -0.1) is 55.6 Å². The van der Waals surface area contributed by atoms with Crippen molar-refractivity contribution in [3.63, 3.8) is 0 Å². The van der Waals surface area contributed by atoms with Crippen molar-refractivity contribution in [1.29, 1.82) is 0 Å². The van der Waals surface area contributed by atoms with Crippen LogP contribution in [0, 0.1) is 10.1 Å². The molecule has 6 rings (SSSR count). The number of benzene rings is 1. The zero-order valence-corrected chi connectivity index (χ0v) is 23.5. The molecule has 38 heavy (non-hydrogen) atoms. The van der Waals surface area contributed by atoms with Crippen LogP contribution in [-0.2, 0) is 0 Å². The predicted octanol–water partition coefficient (Wildman–Crippen LogP) is 9.09. The fourth-order valence-corrected chi connectivity index (χ4v) is 8.09. The molecule has 12 heteroatoms. The molecule has 0 saturated carbocycles. The number of rotatable bonds is 7. The second-order valence-electron chi connectivity index (χ2n) is 8.43. The lowest BCUT2D eigenvalue weighted by Crippen LogP contribution is -2.16. The molecule has 0 fully saturated rings. The van der Waals surface area contributed by atoms with Crippen LogP contribution in [0.5, 0.6) is 11.5 Å². The number of hydrogen-bond donors (Lipinski definition) is 0. The monoisotopic (exact) mass is 580 g/mol. The van der Waals surface area contributed by atoms with Crippen LogP contribution in [0.15, 0.2) is 70.9 Å². The summed E-state index contributed by atoms with van der Waals surface area (Å²) < 4.78 is 11.9. The molecule has 1 aliphatic heterocycles. The van der Waals surface area contributed by atoms with Crippen LogP contribution in [-0.4, -0.2) is 32.2 Å². The van der Waals surface area contributed by atoms with E-state index >= 15 is 0 Å². The van der Waals surface area contributed by atoms with E-state index in [0.717, 1.165) is 36.1 Å². The Bertz CT molecular complexity index is 1650. The molecule has 5 heterocycles. The van der Waals surface area contributed by atoms with Crippen LogP contribution in [0.2, 0.25) is 0 Å². The second-order valence-corrected chi connectivity index (χ2v) is 12.7. The lowest BCUT2D eigenvalue weighted by molar-refractivity contribution is -0.384. The largest absolute Gasteiger partial charge is 0.484 e. The maximum atomic E-state index is 10.8. The summed E-state index contributed by atoms with van der Waals surface area (Å²) in [6.45, 7) is 1.13. The smallest absolute Gasteiger partial charge is 0.269 e. The van der Waals surface area contributed by atoms with E-state index in [2.05, 4.69) is 39.4 Å². The van der Waals surface area contributed by atoms with E-state index in [1.165, 1.54) is 26.8 Å². The van der Waals surface area contributed by atoms with Crippen molar-refractivity contribution >= 4 is 66.7 Å². The molecule has 0 N–H and O–H groups in total. The van der Waals surface area contributed by atoms with Crippen LogP contribution >= 0.6 is 45.3 Å². The summed E-state index contributed by atoms with van der Waals surface area (Å²) in [6, 6.07) is 18.6. The average Bonchev–Trinajstić information content (AvgIpc) is 3.72. The van der Waals surface area contributed by atoms with Crippen molar-refractivity contribution in [2.24, 2.45) is 10.2 Å². The molecule has 0 atom stereocenters. The molecule has 4 aromatic heterocycles. The third kappa shape index (κ3) is 4.83. The summed E-state index contributed by atoms with van der Waals surface area (Å²) in [4.78, 5) is 19.4. The highest BCUT2D eigenvalue weighted by molar-refractivity contribution is 7.29. The minimum Gasteiger partial charge on any atom is -0.484 e. The number of non-ortho nitro benzene ring substituents is 1. The van der Waals surface area contributed by atoms with Crippen molar-refractivity contribution in [2.45, 2.75) is 0 Å². The van der Waals surface area contributed by atoms with E-state index in [9.17, 15) is 10.1 Å². The van der Waals surface area contributed by atoms with Crippen LogP contribution in [0.4, 0.5) is 21.4 Å². The Hall–Kier alpha value is -3.58. The van der Waals surface area contributed by atoms with Gasteiger partial charge in [-0.1, -0.05) is 0 Å². The summed E-state index contributed by atoms with van der Waals surface area (Å²) in [5.74, 6) is 1.69. The van der Waals surface area contributed by atoms with Crippen molar-refractivity contribution in [3.8, 4) is 40.8 Å². The topological polar surface area (TPSA) is 89.6 Å². The maximum Gasteiger partial charge on any atom is 0.269 e. The number of ether oxygens (including phenoxy) is 2. The highest BCUT2D eigenvalue weighted by Gasteiger charge is 2.27. The maximum absolute atomic E-state index is 10.8. The molecule has 0 radical (unpaired) electrons. The summed E-state index contributed by atoms with van der Waals surface area (Å²) in [5, 5.41) is 21.2. The second kappa shape index (κ2) is 10.3. The Morgan fingerprint density at radius 3 is 1.97 bits per heavy atom. The normalized spacial score (nSPS) is 12.8. The first kappa shape index (κ1) is 24.7. The van der Waals surface area contributed by atoms with E-state index in [4.69, 9.17) is 9.47 Å². The van der Waals surface area contributed by atoms with Gasteiger partial charge in [0.25, 0.3) is 5.69 Å². The minimum atomic E-state index is -0.432. The van der Waals surface area contributed by atoms with Gasteiger partial charge in [-0.2, -0.15) is 0 Å². The Morgan fingerprint density at radius 2 is 1.32 bits per heavy atom. The van der Waals surface area contributed by atoms with E-state index < -0.39 is 4.92 Å². The predicted molar refractivity (Wildman–Crippen MR) is 157 cm³/mol. The summed E-state index contributed by atoms with van der Waals surface area (Å²) in [6.07, 6.45) is 0. The van der Waals surface area contributed by atoms with E-state index in [1.807, 2.05) is 26.2 Å². The van der Waals surface area contributed by atoms with Crippen molar-refractivity contribution in [3.05, 3.63) is 70.8 Å². The summed E-state index contributed by atoms with van der Waals surface area (Å²) in [7, 11) is 4.04. The number of hydrogen-bond acceptors (Lipinski definition) is 11. The molecule has 0 aliphatic carbocycles. The Morgan fingerprint density at radius 1 is 0.737 bits per heavy atom. The van der Waals surface area contributed by atoms with Gasteiger partial charge in [0.05, 0.1) is 15.5 Å². The van der Waals surface area contributed by atoms with E-state index in [1.54, 1.807) is 57.5 Å². The number of fused-ring (bicyclic) bond motifs is 1. The SMILES string of the molecule is CN(C)c1sc(-c2ccc(-c3ccc(-c4ccc(N=Nc5ccc([N+](=O)[O-])cc5)s4)s3)s2)c2c1OCCO2. The lowest BCUT2D eigenvalue weighted by atomic mass is 10.3. The molecule has 8 nitrogen and oxygen atoms in total.